The van der Waals surface area contributed by atoms with E-state index >= 15 is 0 Å². The highest BCUT2D eigenvalue weighted by Crippen LogP contribution is 2.36. The molecule has 0 aliphatic rings. The Morgan fingerprint density at radius 3 is 2.65 bits per heavy atom. The molecule has 23 heavy (non-hydrogen) atoms. The fourth-order valence-corrected chi connectivity index (χ4v) is 3.09. The van der Waals surface area contributed by atoms with Crippen molar-refractivity contribution in [3.05, 3.63) is 35.4 Å². The molecule has 0 saturated carbocycles. The monoisotopic (exact) mass is 354 g/mol. The number of fused-ring (bicyclic) bond motifs is 1. The Hall–Kier alpha value is -1.59. The van der Waals surface area contributed by atoms with Crippen molar-refractivity contribution in [1.29, 1.82) is 0 Å². The first kappa shape index (κ1) is 16.3. The number of benzene rings is 1. The van der Waals surface area contributed by atoms with Gasteiger partial charge >= 0.3 is 7.60 Å². The van der Waals surface area contributed by atoms with E-state index in [2.05, 4.69) is 18.8 Å². The van der Waals surface area contributed by atoms with Crippen molar-refractivity contribution in [1.82, 2.24) is 9.55 Å². The number of hydrogen-bond acceptors (Lipinski definition) is 3. The minimum absolute atomic E-state index is 0.316. The number of aromatic nitrogens is 2. The molecule has 0 atom stereocenters. The van der Waals surface area contributed by atoms with Crippen LogP contribution in [-0.4, -0.2) is 19.3 Å². The largest absolute Gasteiger partial charge is 0.445 e. The van der Waals surface area contributed by atoms with Crippen LogP contribution in [0.4, 0.5) is 0 Å². The SMILES string of the molecule is CC(C)Cn1c(-c2ccc(P(=O)(O)O)o2)nc2ccc(Cl)cc21. The van der Waals surface area contributed by atoms with E-state index in [-0.39, 0.29) is 5.50 Å². The highest BCUT2D eigenvalue weighted by Gasteiger charge is 2.24. The Bertz CT molecular complexity index is 909. The third-order valence-corrected chi connectivity index (χ3v) is 4.41. The number of furan rings is 1. The molecule has 0 amide bonds. The van der Waals surface area contributed by atoms with E-state index in [9.17, 15) is 14.4 Å². The van der Waals surface area contributed by atoms with Crippen LogP contribution in [0.2, 0.25) is 5.02 Å². The maximum atomic E-state index is 11.3. The zero-order valence-electron chi connectivity index (χ0n) is 12.6. The van der Waals surface area contributed by atoms with E-state index in [1.54, 1.807) is 6.07 Å². The Balaban J connectivity index is 2.20. The standard InChI is InChI=1S/C15H16ClN2O4P/c1-9(2)8-18-12-7-10(16)3-4-11(12)17-15(18)13-5-6-14(22-13)23(19,20)21/h3-7,9H,8H2,1-2H3,(H2,19,20,21). The van der Waals surface area contributed by atoms with Crippen LogP contribution in [0.15, 0.2) is 34.7 Å². The molecule has 0 radical (unpaired) electrons. The van der Waals surface area contributed by atoms with Crippen LogP contribution in [0, 0.1) is 5.92 Å². The van der Waals surface area contributed by atoms with E-state index in [0.29, 0.717) is 29.1 Å². The van der Waals surface area contributed by atoms with Crippen LogP contribution in [-0.2, 0) is 11.1 Å². The Morgan fingerprint density at radius 2 is 2.04 bits per heavy atom. The minimum Gasteiger partial charge on any atom is -0.445 e. The Morgan fingerprint density at radius 1 is 1.30 bits per heavy atom. The number of halogens is 1. The van der Waals surface area contributed by atoms with Gasteiger partial charge in [-0.25, -0.2) is 4.98 Å². The summed E-state index contributed by atoms with van der Waals surface area (Å²) in [5, 5.41) is 0.601. The van der Waals surface area contributed by atoms with Gasteiger partial charge in [0, 0.05) is 11.6 Å². The maximum Gasteiger partial charge on any atom is 0.391 e. The molecule has 3 rings (SSSR count). The summed E-state index contributed by atoms with van der Waals surface area (Å²) in [6.07, 6.45) is 0. The second-order valence-corrected chi connectivity index (χ2v) is 7.72. The Kier molecular flexibility index (Phi) is 4.10. The predicted octanol–water partition coefficient (Wildman–Crippen LogP) is 3.41. The summed E-state index contributed by atoms with van der Waals surface area (Å²) < 4.78 is 18.6. The molecule has 0 unspecified atom stereocenters. The van der Waals surface area contributed by atoms with E-state index < -0.39 is 7.60 Å². The molecule has 8 heteroatoms. The van der Waals surface area contributed by atoms with Crippen LogP contribution < -0.4 is 5.50 Å². The van der Waals surface area contributed by atoms with Gasteiger partial charge in [-0.15, -0.1) is 0 Å². The summed E-state index contributed by atoms with van der Waals surface area (Å²) in [5.74, 6) is 1.19. The van der Waals surface area contributed by atoms with Crippen LogP contribution in [0.5, 0.6) is 0 Å². The molecule has 2 aromatic heterocycles. The number of nitrogens with zero attached hydrogens (tertiary/aromatic N) is 2. The van der Waals surface area contributed by atoms with Crippen molar-refractivity contribution in [2.24, 2.45) is 5.92 Å². The van der Waals surface area contributed by atoms with Gasteiger partial charge in [-0.05, 0) is 36.2 Å². The van der Waals surface area contributed by atoms with Crippen LogP contribution in [0.1, 0.15) is 13.8 Å². The number of imidazole rings is 1. The van der Waals surface area contributed by atoms with Crippen LogP contribution in [0.25, 0.3) is 22.6 Å². The van der Waals surface area contributed by atoms with Crippen molar-refractivity contribution in [3.63, 3.8) is 0 Å². The lowest BCUT2D eigenvalue weighted by Crippen LogP contribution is -2.06. The van der Waals surface area contributed by atoms with Gasteiger partial charge in [0.1, 0.15) is 0 Å². The fourth-order valence-electron chi connectivity index (χ4n) is 2.44. The molecule has 0 aliphatic heterocycles. The Labute approximate surface area is 137 Å². The van der Waals surface area contributed by atoms with Crippen molar-refractivity contribution in [2.45, 2.75) is 20.4 Å². The van der Waals surface area contributed by atoms with E-state index in [1.165, 1.54) is 12.1 Å². The molecule has 122 valence electrons. The highest BCUT2D eigenvalue weighted by atomic mass is 35.5. The van der Waals surface area contributed by atoms with Crippen molar-refractivity contribution >= 4 is 35.7 Å². The van der Waals surface area contributed by atoms with Crippen molar-refractivity contribution in [3.8, 4) is 11.6 Å². The number of hydrogen-bond donors (Lipinski definition) is 2. The molecule has 6 nitrogen and oxygen atoms in total. The second kappa shape index (κ2) is 5.80. The minimum atomic E-state index is -4.43. The molecular formula is C15H16ClN2O4P. The van der Waals surface area contributed by atoms with Crippen molar-refractivity contribution < 1.29 is 18.8 Å². The molecule has 0 saturated heterocycles. The molecule has 2 N–H and O–H groups in total. The molecular weight excluding hydrogens is 339 g/mol. The topological polar surface area (TPSA) is 88.5 Å². The zero-order valence-corrected chi connectivity index (χ0v) is 14.3. The van der Waals surface area contributed by atoms with Gasteiger partial charge in [0.25, 0.3) is 0 Å². The second-order valence-electron chi connectivity index (χ2n) is 5.75. The van der Waals surface area contributed by atoms with Crippen LogP contribution >= 0.6 is 19.2 Å². The average Bonchev–Trinajstić information content (AvgIpc) is 3.03. The first-order chi connectivity index (χ1) is 10.8. The van der Waals surface area contributed by atoms with E-state index in [0.717, 1.165) is 11.0 Å². The molecule has 3 aromatic rings. The molecule has 0 aliphatic carbocycles. The van der Waals surface area contributed by atoms with Gasteiger partial charge in [0.05, 0.1) is 11.0 Å². The lowest BCUT2D eigenvalue weighted by atomic mass is 10.2. The smallest absolute Gasteiger partial charge is 0.391 e. The summed E-state index contributed by atoms with van der Waals surface area (Å²) in [7, 11) is -4.43. The summed E-state index contributed by atoms with van der Waals surface area (Å²) in [6, 6.07) is 8.19. The zero-order chi connectivity index (χ0) is 16.8. The third kappa shape index (κ3) is 3.21. The molecule has 0 fully saturated rings. The maximum absolute atomic E-state index is 11.3. The van der Waals surface area contributed by atoms with Gasteiger partial charge < -0.3 is 18.8 Å². The number of rotatable bonds is 4. The highest BCUT2D eigenvalue weighted by molar-refractivity contribution is 7.59. The van der Waals surface area contributed by atoms with Gasteiger partial charge in [0.15, 0.2) is 11.6 Å². The lowest BCUT2D eigenvalue weighted by Gasteiger charge is -2.10. The summed E-state index contributed by atoms with van der Waals surface area (Å²) in [4.78, 5) is 23.0. The first-order valence-corrected chi connectivity index (χ1v) is 9.07. The van der Waals surface area contributed by atoms with Gasteiger partial charge in [-0.2, -0.15) is 0 Å². The summed E-state index contributed by atoms with van der Waals surface area (Å²) in [6.45, 7) is 4.82. The summed E-state index contributed by atoms with van der Waals surface area (Å²) in [5.41, 5.74) is 1.24. The molecule has 0 spiro atoms. The fraction of sp³-hybridized carbons (Fsp3) is 0.267. The van der Waals surface area contributed by atoms with Crippen molar-refractivity contribution in [2.75, 3.05) is 0 Å². The van der Waals surface area contributed by atoms with E-state index in [1.807, 2.05) is 16.7 Å². The normalized spacial score (nSPS) is 12.4. The van der Waals surface area contributed by atoms with Gasteiger partial charge in [0.2, 0.25) is 5.50 Å². The third-order valence-electron chi connectivity index (χ3n) is 3.36. The average molecular weight is 355 g/mol. The molecule has 0 bridgehead atoms. The van der Waals surface area contributed by atoms with Gasteiger partial charge in [-0.3, -0.25) is 4.57 Å². The van der Waals surface area contributed by atoms with E-state index in [4.69, 9.17) is 16.0 Å². The molecule has 2 heterocycles. The van der Waals surface area contributed by atoms with Gasteiger partial charge in [-0.1, -0.05) is 25.4 Å². The summed E-state index contributed by atoms with van der Waals surface area (Å²) >= 11 is 6.08. The first-order valence-electron chi connectivity index (χ1n) is 7.08. The van der Waals surface area contributed by atoms with Crippen LogP contribution in [0.3, 0.4) is 0 Å². The lowest BCUT2D eigenvalue weighted by molar-refractivity contribution is 0.377. The molecule has 1 aromatic carbocycles. The quantitative estimate of drug-likeness (QED) is 0.701. The predicted molar refractivity (Wildman–Crippen MR) is 89.0 cm³/mol.